The Hall–Kier alpha value is -1.82. The van der Waals surface area contributed by atoms with E-state index < -0.39 is 0 Å². The van der Waals surface area contributed by atoms with Crippen LogP contribution in [0, 0.1) is 25.2 Å². The first-order valence-electron chi connectivity index (χ1n) is 6.40. The van der Waals surface area contributed by atoms with E-state index in [1.165, 1.54) is 0 Å². The van der Waals surface area contributed by atoms with Crippen LogP contribution >= 0.6 is 0 Å². The number of aryl methyl sites for hydroxylation is 2. The van der Waals surface area contributed by atoms with Crippen molar-refractivity contribution in [3.63, 3.8) is 0 Å². The highest BCUT2D eigenvalue weighted by Gasteiger charge is 2.27. The first-order valence-corrected chi connectivity index (χ1v) is 6.40. The van der Waals surface area contributed by atoms with Gasteiger partial charge in [0.2, 0.25) is 0 Å². The van der Waals surface area contributed by atoms with E-state index in [4.69, 9.17) is 5.26 Å². The van der Waals surface area contributed by atoms with Crippen LogP contribution in [-0.4, -0.2) is 23.4 Å². The minimum atomic E-state index is -0.257. The van der Waals surface area contributed by atoms with Crippen molar-refractivity contribution in [3.8, 4) is 6.07 Å². The average Bonchev–Trinajstić information content (AvgIpc) is 2.36. The van der Waals surface area contributed by atoms with Crippen LogP contribution in [-0.2, 0) is 0 Å². The lowest BCUT2D eigenvalue weighted by molar-refractivity contribution is 0.0670. The molecule has 2 rings (SSSR count). The quantitative estimate of drug-likeness (QED) is 0.760. The summed E-state index contributed by atoms with van der Waals surface area (Å²) in [4.78, 5) is 14.2. The molecule has 3 heteroatoms. The van der Waals surface area contributed by atoms with Gasteiger partial charge in [0, 0.05) is 12.1 Å². The Morgan fingerprint density at radius 2 is 1.94 bits per heavy atom. The zero-order chi connectivity index (χ0) is 13.1. The summed E-state index contributed by atoms with van der Waals surface area (Å²) < 4.78 is 0. The van der Waals surface area contributed by atoms with Crippen LogP contribution in [0.4, 0.5) is 0 Å². The van der Waals surface area contributed by atoms with Crippen LogP contribution in [0.25, 0.3) is 0 Å². The number of hydrogen-bond acceptors (Lipinski definition) is 2. The van der Waals surface area contributed by atoms with Crippen LogP contribution in [0.5, 0.6) is 0 Å². The molecule has 0 radical (unpaired) electrons. The van der Waals surface area contributed by atoms with E-state index in [0.29, 0.717) is 12.1 Å². The van der Waals surface area contributed by atoms with Crippen LogP contribution in [0.15, 0.2) is 18.2 Å². The predicted molar refractivity (Wildman–Crippen MR) is 70.2 cm³/mol. The second kappa shape index (κ2) is 5.22. The number of carbonyl (C=O) groups is 1. The van der Waals surface area contributed by atoms with E-state index in [0.717, 1.165) is 30.4 Å². The first-order chi connectivity index (χ1) is 8.61. The summed E-state index contributed by atoms with van der Waals surface area (Å²) in [6.45, 7) is 4.67. The third kappa shape index (κ3) is 2.53. The summed E-state index contributed by atoms with van der Waals surface area (Å²) in [5, 5.41) is 9.12. The number of hydrogen-bond donors (Lipinski definition) is 0. The molecule has 1 aromatic rings. The third-order valence-corrected chi connectivity index (χ3v) is 3.38. The van der Waals surface area contributed by atoms with E-state index in [9.17, 15) is 4.79 Å². The van der Waals surface area contributed by atoms with Crippen molar-refractivity contribution < 1.29 is 4.79 Å². The van der Waals surface area contributed by atoms with Crippen molar-refractivity contribution in [2.45, 2.75) is 39.2 Å². The Morgan fingerprint density at radius 1 is 1.28 bits per heavy atom. The minimum Gasteiger partial charge on any atom is -0.323 e. The minimum absolute atomic E-state index is 0.00644. The second-order valence-corrected chi connectivity index (χ2v) is 5.02. The number of amides is 1. The van der Waals surface area contributed by atoms with Crippen molar-refractivity contribution in [3.05, 3.63) is 34.9 Å². The van der Waals surface area contributed by atoms with Gasteiger partial charge in [-0.3, -0.25) is 4.79 Å². The van der Waals surface area contributed by atoms with Crippen molar-refractivity contribution >= 4 is 5.91 Å². The number of rotatable bonds is 1. The zero-order valence-corrected chi connectivity index (χ0v) is 10.9. The highest BCUT2D eigenvalue weighted by atomic mass is 16.2. The smallest absolute Gasteiger partial charge is 0.254 e. The molecule has 0 spiro atoms. The Labute approximate surface area is 108 Å². The van der Waals surface area contributed by atoms with Crippen LogP contribution in [0.3, 0.4) is 0 Å². The molecule has 1 heterocycles. The van der Waals surface area contributed by atoms with Gasteiger partial charge in [-0.25, -0.2) is 0 Å². The van der Waals surface area contributed by atoms with Gasteiger partial charge in [0.05, 0.1) is 6.07 Å². The number of piperidine rings is 1. The van der Waals surface area contributed by atoms with Crippen LogP contribution in [0.1, 0.15) is 40.7 Å². The molecule has 0 aliphatic carbocycles. The van der Waals surface area contributed by atoms with Gasteiger partial charge in [-0.05, 0) is 45.2 Å². The lowest BCUT2D eigenvalue weighted by Crippen LogP contribution is -2.42. The molecule has 0 aromatic heterocycles. The molecule has 1 amide bonds. The fraction of sp³-hybridized carbons (Fsp3) is 0.467. The number of likely N-dealkylation sites (tertiary alicyclic amines) is 1. The van der Waals surface area contributed by atoms with Crippen LogP contribution < -0.4 is 0 Å². The normalized spacial score (nSPS) is 19.4. The van der Waals surface area contributed by atoms with Crippen molar-refractivity contribution in [1.82, 2.24) is 4.90 Å². The molecular weight excluding hydrogens is 224 g/mol. The molecule has 18 heavy (non-hydrogen) atoms. The van der Waals surface area contributed by atoms with Gasteiger partial charge < -0.3 is 4.90 Å². The Balaban J connectivity index is 2.27. The van der Waals surface area contributed by atoms with Crippen LogP contribution in [0.2, 0.25) is 0 Å². The van der Waals surface area contributed by atoms with Gasteiger partial charge in [-0.1, -0.05) is 17.2 Å². The first kappa shape index (κ1) is 12.6. The molecular formula is C15H18N2O. The van der Waals surface area contributed by atoms with E-state index in [2.05, 4.69) is 12.1 Å². The fourth-order valence-corrected chi connectivity index (χ4v) is 2.57. The molecule has 1 fully saturated rings. The Morgan fingerprint density at radius 3 is 2.56 bits per heavy atom. The molecule has 0 bridgehead atoms. The average molecular weight is 242 g/mol. The van der Waals surface area contributed by atoms with Gasteiger partial charge in [0.25, 0.3) is 5.91 Å². The van der Waals surface area contributed by atoms with Crippen molar-refractivity contribution in [2.75, 3.05) is 6.54 Å². The maximum Gasteiger partial charge on any atom is 0.254 e. The molecule has 0 N–H and O–H groups in total. The highest BCUT2D eigenvalue weighted by molar-refractivity contribution is 5.95. The fourth-order valence-electron chi connectivity index (χ4n) is 2.57. The molecule has 1 aliphatic heterocycles. The Bertz CT molecular complexity index is 481. The lowest BCUT2D eigenvalue weighted by atomic mass is 10.0. The summed E-state index contributed by atoms with van der Waals surface area (Å²) in [6, 6.07) is 7.83. The second-order valence-electron chi connectivity index (χ2n) is 5.02. The summed E-state index contributed by atoms with van der Waals surface area (Å²) in [7, 11) is 0. The Kier molecular flexibility index (Phi) is 3.66. The highest BCUT2D eigenvalue weighted by Crippen LogP contribution is 2.20. The summed E-state index contributed by atoms with van der Waals surface area (Å²) >= 11 is 0. The molecule has 1 unspecified atom stereocenters. The molecule has 1 aromatic carbocycles. The molecule has 1 saturated heterocycles. The standard InChI is InChI=1S/C15H18N2O/c1-11-7-12(2)9-13(8-11)15(18)17-6-4-3-5-14(17)10-16/h7-9,14H,3-6H2,1-2H3. The SMILES string of the molecule is Cc1cc(C)cc(C(=O)N2CCCCC2C#N)c1. The zero-order valence-electron chi connectivity index (χ0n) is 10.9. The number of carbonyl (C=O) groups excluding carboxylic acids is 1. The van der Waals surface area contributed by atoms with E-state index in [1.807, 2.05) is 26.0 Å². The van der Waals surface area contributed by atoms with Crippen molar-refractivity contribution in [2.24, 2.45) is 0 Å². The summed E-state index contributed by atoms with van der Waals surface area (Å²) in [6.07, 6.45) is 2.83. The number of nitriles is 1. The molecule has 1 atom stereocenters. The van der Waals surface area contributed by atoms with Gasteiger partial charge in [0.15, 0.2) is 0 Å². The number of nitrogens with zero attached hydrogens (tertiary/aromatic N) is 2. The maximum atomic E-state index is 12.4. The lowest BCUT2D eigenvalue weighted by Gasteiger charge is -2.31. The van der Waals surface area contributed by atoms with E-state index >= 15 is 0 Å². The van der Waals surface area contributed by atoms with Gasteiger partial charge in [-0.15, -0.1) is 0 Å². The van der Waals surface area contributed by atoms with Gasteiger partial charge in [0.1, 0.15) is 6.04 Å². The third-order valence-electron chi connectivity index (χ3n) is 3.38. The molecule has 0 saturated carbocycles. The topological polar surface area (TPSA) is 44.1 Å². The van der Waals surface area contributed by atoms with E-state index in [-0.39, 0.29) is 11.9 Å². The predicted octanol–water partition coefficient (Wildman–Crippen LogP) is 2.82. The molecule has 3 nitrogen and oxygen atoms in total. The summed E-state index contributed by atoms with van der Waals surface area (Å²) in [5.41, 5.74) is 2.88. The maximum absolute atomic E-state index is 12.4. The molecule has 94 valence electrons. The van der Waals surface area contributed by atoms with E-state index in [1.54, 1.807) is 4.90 Å². The van der Waals surface area contributed by atoms with Gasteiger partial charge in [-0.2, -0.15) is 5.26 Å². The monoisotopic (exact) mass is 242 g/mol. The van der Waals surface area contributed by atoms with Gasteiger partial charge >= 0.3 is 0 Å². The largest absolute Gasteiger partial charge is 0.323 e. The van der Waals surface area contributed by atoms with Crippen molar-refractivity contribution in [1.29, 1.82) is 5.26 Å². The molecule has 1 aliphatic rings. The summed E-state index contributed by atoms with van der Waals surface area (Å²) in [5.74, 6) is -0.00644. The number of benzene rings is 1.